The Kier molecular flexibility index (Phi) is 4.31. The molecule has 21 heavy (non-hydrogen) atoms. The van der Waals surface area contributed by atoms with Gasteiger partial charge < -0.3 is 10.2 Å². The predicted molar refractivity (Wildman–Crippen MR) is 78.1 cm³/mol. The lowest BCUT2D eigenvalue weighted by Gasteiger charge is -2.13. The van der Waals surface area contributed by atoms with Gasteiger partial charge in [0, 0.05) is 4.88 Å². The molecule has 0 amide bonds. The van der Waals surface area contributed by atoms with Gasteiger partial charge in [-0.2, -0.15) is 0 Å². The molecule has 0 bridgehead atoms. The van der Waals surface area contributed by atoms with Crippen molar-refractivity contribution in [3.8, 4) is 5.75 Å². The first kappa shape index (κ1) is 15.5. The Morgan fingerprint density at radius 3 is 2.62 bits per heavy atom. The van der Waals surface area contributed by atoms with E-state index in [0.717, 1.165) is 23.1 Å². The van der Waals surface area contributed by atoms with Crippen LogP contribution in [0.5, 0.6) is 5.75 Å². The van der Waals surface area contributed by atoms with Gasteiger partial charge >= 0.3 is 5.97 Å². The predicted octanol–water partition coefficient (Wildman–Crippen LogP) is 2.19. The molecule has 0 aliphatic heterocycles. The number of nitrogens with one attached hydrogen (secondary N) is 1. The minimum atomic E-state index is -3.88. The highest BCUT2D eigenvalue weighted by atomic mass is 32.2. The summed E-state index contributed by atoms with van der Waals surface area (Å²) in [7, 11) is -3.88. The van der Waals surface area contributed by atoms with Crippen LogP contribution in [0.2, 0.25) is 0 Å². The molecule has 0 aliphatic carbocycles. The summed E-state index contributed by atoms with van der Waals surface area (Å²) in [5, 5.41) is 20.2. The molecule has 0 spiro atoms. The Balaban J connectivity index is 2.32. The third-order valence-corrected chi connectivity index (χ3v) is 5.40. The largest absolute Gasteiger partial charge is 0.507 e. The quantitative estimate of drug-likeness (QED) is 0.781. The van der Waals surface area contributed by atoms with E-state index in [2.05, 4.69) is 4.72 Å². The Morgan fingerprint density at radius 2 is 2.05 bits per heavy atom. The first-order valence-corrected chi connectivity index (χ1v) is 8.29. The summed E-state index contributed by atoms with van der Waals surface area (Å²) in [6.07, 6.45) is 0. The molecule has 0 radical (unpaired) electrons. The molecule has 1 heterocycles. The number of benzene rings is 1. The number of carbonyl (C=O) groups is 1. The van der Waals surface area contributed by atoms with Crippen molar-refractivity contribution in [1.29, 1.82) is 0 Å². The third kappa shape index (κ3) is 3.41. The van der Waals surface area contributed by atoms with Crippen molar-refractivity contribution in [3.63, 3.8) is 0 Å². The van der Waals surface area contributed by atoms with Crippen LogP contribution in [0.1, 0.15) is 28.2 Å². The zero-order valence-electron chi connectivity index (χ0n) is 11.0. The molecule has 1 aromatic carbocycles. The number of thiophene rings is 1. The lowest BCUT2D eigenvalue weighted by molar-refractivity contribution is 0.0693. The van der Waals surface area contributed by atoms with Gasteiger partial charge in [0.1, 0.15) is 11.3 Å². The molecular weight excluding hydrogens is 314 g/mol. The maximum atomic E-state index is 12.2. The molecule has 0 saturated carbocycles. The van der Waals surface area contributed by atoms with Crippen molar-refractivity contribution in [2.75, 3.05) is 0 Å². The number of phenols is 1. The molecular formula is C13H13NO5S2. The van der Waals surface area contributed by atoms with E-state index < -0.39 is 33.3 Å². The minimum absolute atomic E-state index is 0.207. The van der Waals surface area contributed by atoms with E-state index in [1.165, 1.54) is 11.3 Å². The van der Waals surface area contributed by atoms with Crippen molar-refractivity contribution in [1.82, 2.24) is 4.72 Å². The molecule has 0 aliphatic rings. The Labute approximate surface area is 125 Å². The Hall–Kier alpha value is -1.90. The van der Waals surface area contributed by atoms with Crippen molar-refractivity contribution in [2.45, 2.75) is 17.9 Å². The van der Waals surface area contributed by atoms with Gasteiger partial charge in [0.2, 0.25) is 10.0 Å². The van der Waals surface area contributed by atoms with Crippen LogP contribution in [0.4, 0.5) is 0 Å². The molecule has 0 saturated heterocycles. The van der Waals surface area contributed by atoms with Crippen LogP contribution >= 0.6 is 11.3 Å². The van der Waals surface area contributed by atoms with Crippen LogP contribution in [0.15, 0.2) is 40.6 Å². The number of aromatic carboxylic acids is 1. The molecule has 2 rings (SSSR count). The van der Waals surface area contributed by atoms with Crippen molar-refractivity contribution in [3.05, 3.63) is 46.2 Å². The maximum Gasteiger partial charge on any atom is 0.339 e. The maximum absolute atomic E-state index is 12.2. The summed E-state index contributed by atoms with van der Waals surface area (Å²) < 4.78 is 27.0. The summed E-state index contributed by atoms with van der Waals surface area (Å²) in [6.45, 7) is 1.70. The van der Waals surface area contributed by atoms with Crippen LogP contribution in [0.25, 0.3) is 0 Å². The molecule has 1 aromatic heterocycles. The van der Waals surface area contributed by atoms with Crippen LogP contribution in [0, 0.1) is 0 Å². The minimum Gasteiger partial charge on any atom is -0.507 e. The number of carboxylic acid groups (broad SMARTS) is 1. The van der Waals surface area contributed by atoms with Gasteiger partial charge in [-0.15, -0.1) is 11.3 Å². The molecule has 2 aromatic rings. The summed E-state index contributed by atoms with van der Waals surface area (Å²) in [5.74, 6) is -1.87. The van der Waals surface area contributed by atoms with Gasteiger partial charge in [0.05, 0.1) is 10.9 Å². The molecule has 8 heteroatoms. The highest BCUT2D eigenvalue weighted by Gasteiger charge is 2.21. The second kappa shape index (κ2) is 5.84. The fourth-order valence-corrected chi connectivity index (χ4v) is 3.81. The highest BCUT2D eigenvalue weighted by Crippen LogP contribution is 2.24. The van der Waals surface area contributed by atoms with Gasteiger partial charge in [-0.1, -0.05) is 6.07 Å². The third-order valence-electron chi connectivity index (χ3n) is 2.81. The van der Waals surface area contributed by atoms with Crippen LogP contribution < -0.4 is 4.72 Å². The zero-order chi connectivity index (χ0) is 15.6. The van der Waals surface area contributed by atoms with Crippen molar-refractivity contribution >= 4 is 27.3 Å². The molecule has 6 nitrogen and oxygen atoms in total. The molecule has 0 fully saturated rings. The molecule has 3 N–H and O–H groups in total. The number of hydrogen-bond donors (Lipinski definition) is 3. The fraction of sp³-hybridized carbons (Fsp3) is 0.154. The van der Waals surface area contributed by atoms with E-state index in [1.807, 2.05) is 11.4 Å². The van der Waals surface area contributed by atoms with Crippen molar-refractivity contribution < 1.29 is 23.4 Å². The first-order chi connectivity index (χ1) is 9.81. The van der Waals surface area contributed by atoms with Gasteiger partial charge in [0.25, 0.3) is 0 Å². The number of aromatic hydroxyl groups is 1. The van der Waals surface area contributed by atoms with E-state index >= 15 is 0 Å². The summed E-state index contributed by atoms with van der Waals surface area (Å²) in [5.41, 5.74) is -0.457. The van der Waals surface area contributed by atoms with Crippen molar-refractivity contribution in [2.24, 2.45) is 0 Å². The smallest absolute Gasteiger partial charge is 0.339 e. The lowest BCUT2D eigenvalue weighted by atomic mass is 10.2. The monoisotopic (exact) mass is 327 g/mol. The number of carboxylic acids is 1. The van der Waals surface area contributed by atoms with E-state index in [9.17, 15) is 18.3 Å². The van der Waals surface area contributed by atoms with E-state index in [4.69, 9.17) is 5.11 Å². The highest BCUT2D eigenvalue weighted by molar-refractivity contribution is 7.89. The van der Waals surface area contributed by atoms with Gasteiger partial charge in [-0.3, -0.25) is 0 Å². The van der Waals surface area contributed by atoms with Crippen LogP contribution in [-0.4, -0.2) is 24.6 Å². The molecule has 112 valence electrons. The average molecular weight is 327 g/mol. The summed E-state index contributed by atoms with van der Waals surface area (Å²) in [4.78, 5) is 11.6. The van der Waals surface area contributed by atoms with Gasteiger partial charge in [0.15, 0.2) is 0 Å². The number of sulfonamides is 1. The number of hydrogen-bond acceptors (Lipinski definition) is 5. The SMILES string of the molecule is C[C@H](NS(=O)(=O)c1ccc(O)c(C(=O)O)c1)c1cccs1. The second-order valence-corrected chi connectivity index (χ2v) is 7.04. The normalized spacial score (nSPS) is 13.0. The molecule has 1 atom stereocenters. The standard InChI is InChI=1S/C13H13NO5S2/c1-8(12-3-2-6-20-12)14-21(18,19)9-4-5-11(15)10(7-9)13(16)17/h2-8,14-15H,1H3,(H,16,17)/t8-/m0/s1. The topological polar surface area (TPSA) is 104 Å². The zero-order valence-corrected chi connectivity index (χ0v) is 12.6. The summed E-state index contributed by atoms with van der Waals surface area (Å²) >= 11 is 1.42. The number of rotatable bonds is 5. The summed E-state index contributed by atoms with van der Waals surface area (Å²) in [6, 6.07) is 6.32. The fourth-order valence-electron chi connectivity index (χ4n) is 1.75. The van der Waals surface area contributed by atoms with Gasteiger partial charge in [-0.05, 0) is 36.6 Å². The first-order valence-electron chi connectivity index (χ1n) is 5.93. The van der Waals surface area contributed by atoms with E-state index in [-0.39, 0.29) is 4.90 Å². The average Bonchev–Trinajstić information content (AvgIpc) is 2.92. The second-order valence-electron chi connectivity index (χ2n) is 4.34. The van der Waals surface area contributed by atoms with Crippen LogP contribution in [-0.2, 0) is 10.0 Å². The van der Waals surface area contributed by atoms with E-state index in [0.29, 0.717) is 0 Å². The lowest BCUT2D eigenvalue weighted by Crippen LogP contribution is -2.26. The Bertz CT molecular complexity index is 753. The molecule has 0 unspecified atom stereocenters. The Morgan fingerprint density at radius 1 is 1.33 bits per heavy atom. The van der Waals surface area contributed by atoms with Crippen LogP contribution in [0.3, 0.4) is 0 Å². The van der Waals surface area contributed by atoms with E-state index in [1.54, 1.807) is 13.0 Å². The van der Waals surface area contributed by atoms with Gasteiger partial charge in [-0.25, -0.2) is 17.9 Å².